The normalized spacial score (nSPS) is 22.1. The summed E-state index contributed by atoms with van der Waals surface area (Å²) in [5.41, 5.74) is 5.02. The number of fused-ring (bicyclic) bond motifs is 1. The fraction of sp³-hybridized carbons (Fsp3) is 0.286. The average Bonchev–Trinajstić information content (AvgIpc) is 3.18. The fourth-order valence-corrected chi connectivity index (χ4v) is 4.54. The van der Waals surface area contributed by atoms with Gasteiger partial charge in [-0.05, 0) is 48.5 Å². The van der Waals surface area contributed by atoms with Crippen LogP contribution in [-0.2, 0) is 14.4 Å². The molecule has 0 spiro atoms. The number of benzene rings is 2. The van der Waals surface area contributed by atoms with Gasteiger partial charge in [-0.3, -0.25) is 24.7 Å². The van der Waals surface area contributed by atoms with Gasteiger partial charge in [-0.2, -0.15) is 0 Å². The van der Waals surface area contributed by atoms with Crippen molar-refractivity contribution in [1.82, 2.24) is 16.1 Å². The van der Waals surface area contributed by atoms with Crippen LogP contribution in [0.3, 0.4) is 0 Å². The van der Waals surface area contributed by atoms with Crippen molar-refractivity contribution in [2.45, 2.75) is 18.6 Å². The number of hydrazine groups is 1. The molecule has 2 aliphatic heterocycles. The second-order valence-corrected chi connectivity index (χ2v) is 8.96. The lowest BCUT2D eigenvalue weighted by Gasteiger charge is -2.37. The van der Waals surface area contributed by atoms with E-state index in [4.69, 9.17) is 11.6 Å². The third-order valence-corrected chi connectivity index (χ3v) is 6.32. The van der Waals surface area contributed by atoms with E-state index in [2.05, 4.69) is 26.7 Å². The Morgan fingerprint density at radius 3 is 2.41 bits per heavy atom. The maximum absolute atomic E-state index is 12.6. The molecule has 2 aromatic carbocycles. The standard InChI is InChI=1S/C21H23ClN6O3S/c1-12(29)24-14-4-6-15(7-5-14)25-18(30)11-32-21-26-19-17(20(31)27-21)10-23-28(19)16-8-2-13(22)3-9-16/h2-9,17,19,21,23,26H,10-11H2,1H3,(H,24,29)(H,25,30)(H,27,31). The molecule has 4 rings (SSSR count). The van der Waals surface area contributed by atoms with Crippen molar-refractivity contribution in [1.29, 1.82) is 0 Å². The zero-order valence-corrected chi connectivity index (χ0v) is 18.8. The van der Waals surface area contributed by atoms with E-state index in [9.17, 15) is 14.4 Å². The Hall–Kier alpha value is -2.79. The van der Waals surface area contributed by atoms with E-state index in [-0.39, 0.29) is 35.6 Å². The summed E-state index contributed by atoms with van der Waals surface area (Å²) in [6, 6.07) is 14.2. The van der Waals surface area contributed by atoms with Crippen LogP contribution >= 0.6 is 23.4 Å². The first-order chi connectivity index (χ1) is 15.4. The van der Waals surface area contributed by atoms with E-state index < -0.39 is 5.50 Å². The third-order valence-electron chi connectivity index (χ3n) is 5.05. The molecule has 3 atom stereocenters. The number of halogens is 1. The summed E-state index contributed by atoms with van der Waals surface area (Å²) >= 11 is 7.28. The monoisotopic (exact) mass is 474 g/mol. The van der Waals surface area contributed by atoms with Crippen LogP contribution in [0.15, 0.2) is 48.5 Å². The molecule has 2 aliphatic rings. The Bertz CT molecular complexity index is 1000. The molecule has 2 aromatic rings. The summed E-state index contributed by atoms with van der Waals surface area (Å²) in [7, 11) is 0. The van der Waals surface area contributed by atoms with Crippen molar-refractivity contribution in [3.8, 4) is 0 Å². The number of rotatable bonds is 6. The van der Waals surface area contributed by atoms with Crippen molar-refractivity contribution >= 4 is 58.1 Å². The smallest absolute Gasteiger partial charge is 0.234 e. The van der Waals surface area contributed by atoms with Crippen molar-refractivity contribution in [3.63, 3.8) is 0 Å². The van der Waals surface area contributed by atoms with E-state index in [1.54, 1.807) is 36.4 Å². The van der Waals surface area contributed by atoms with Crippen LogP contribution in [0.4, 0.5) is 17.1 Å². The first-order valence-electron chi connectivity index (χ1n) is 10.0. The summed E-state index contributed by atoms with van der Waals surface area (Å²) < 4.78 is 0. The van der Waals surface area contributed by atoms with E-state index in [0.717, 1.165) is 5.69 Å². The highest BCUT2D eigenvalue weighted by Crippen LogP contribution is 2.28. The highest BCUT2D eigenvalue weighted by atomic mass is 35.5. The lowest BCUT2D eigenvalue weighted by molar-refractivity contribution is -0.127. The SMILES string of the molecule is CC(=O)Nc1ccc(NC(=O)CSC2NC(=O)C3CNN(c4ccc(Cl)cc4)C3N2)cc1. The number of hydrogen-bond acceptors (Lipinski definition) is 7. The molecule has 32 heavy (non-hydrogen) atoms. The highest BCUT2D eigenvalue weighted by Gasteiger charge is 2.44. The molecule has 0 aromatic heterocycles. The molecular weight excluding hydrogens is 452 g/mol. The van der Waals surface area contributed by atoms with Crippen LogP contribution in [0.2, 0.25) is 5.02 Å². The van der Waals surface area contributed by atoms with E-state index in [1.807, 2.05) is 17.1 Å². The second-order valence-electron chi connectivity index (χ2n) is 7.43. The van der Waals surface area contributed by atoms with Gasteiger partial charge in [-0.15, -0.1) is 11.8 Å². The molecule has 0 radical (unpaired) electrons. The predicted octanol–water partition coefficient (Wildman–Crippen LogP) is 1.94. The third kappa shape index (κ3) is 5.33. The zero-order valence-electron chi connectivity index (χ0n) is 17.2. The number of carbonyl (C=O) groups is 3. The molecular formula is C21H23ClN6O3S. The number of hydrogen-bond donors (Lipinski definition) is 5. The Labute approximate surface area is 194 Å². The highest BCUT2D eigenvalue weighted by molar-refractivity contribution is 8.00. The van der Waals surface area contributed by atoms with Crippen LogP contribution in [-0.4, -0.2) is 41.7 Å². The Kier molecular flexibility index (Phi) is 6.85. The van der Waals surface area contributed by atoms with Crippen molar-refractivity contribution in [2.24, 2.45) is 5.92 Å². The average molecular weight is 475 g/mol. The molecule has 0 aliphatic carbocycles. The number of thioether (sulfide) groups is 1. The fourth-order valence-electron chi connectivity index (χ4n) is 3.59. The Balaban J connectivity index is 1.31. The largest absolute Gasteiger partial charge is 0.331 e. The van der Waals surface area contributed by atoms with Gasteiger partial charge in [-0.25, -0.2) is 5.43 Å². The minimum absolute atomic E-state index is 0.0656. The molecule has 3 amide bonds. The van der Waals surface area contributed by atoms with Crippen molar-refractivity contribution in [2.75, 3.05) is 27.9 Å². The summed E-state index contributed by atoms with van der Waals surface area (Å²) in [5.74, 6) is -0.520. The Morgan fingerprint density at radius 1 is 1.09 bits per heavy atom. The maximum Gasteiger partial charge on any atom is 0.234 e. The lowest BCUT2D eigenvalue weighted by Crippen LogP contribution is -2.63. The minimum atomic E-state index is -0.411. The number of nitrogens with one attached hydrogen (secondary N) is 5. The van der Waals surface area contributed by atoms with E-state index >= 15 is 0 Å². The van der Waals surface area contributed by atoms with Gasteiger partial charge in [0.2, 0.25) is 17.7 Å². The summed E-state index contributed by atoms with van der Waals surface area (Å²) in [4.78, 5) is 36.0. The maximum atomic E-state index is 12.6. The van der Waals surface area contributed by atoms with Gasteiger partial charge in [0, 0.05) is 29.9 Å². The van der Waals surface area contributed by atoms with Gasteiger partial charge in [-0.1, -0.05) is 11.6 Å². The summed E-state index contributed by atoms with van der Waals surface area (Å²) in [5, 5.41) is 14.4. The topological polar surface area (TPSA) is 115 Å². The molecule has 5 N–H and O–H groups in total. The first kappa shape index (κ1) is 22.4. The van der Waals surface area contributed by atoms with Gasteiger partial charge < -0.3 is 16.0 Å². The van der Waals surface area contributed by atoms with Crippen LogP contribution < -0.4 is 31.7 Å². The molecule has 2 heterocycles. The van der Waals surface area contributed by atoms with Crippen LogP contribution in [0, 0.1) is 5.92 Å². The van der Waals surface area contributed by atoms with Gasteiger partial charge in [0.1, 0.15) is 11.7 Å². The van der Waals surface area contributed by atoms with Gasteiger partial charge in [0.25, 0.3) is 0 Å². The molecule has 2 fully saturated rings. The zero-order chi connectivity index (χ0) is 22.7. The van der Waals surface area contributed by atoms with Crippen molar-refractivity contribution in [3.05, 3.63) is 53.6 Å². The lowest BCUT2D eigenvalue weighted by atomic mass is 10.1. The number of nitrogens with zero attached hydrogens (tertiary/aromatic N) is 1. The van der Waals surface area contributed by atoms with E-state index in [0.29, 0.717) is 22.9 Å². The summed E-state index contributed by atoms with van der Waals surface area (Å²) in [6.45, 7) is 1.95. The molecule has 3 unspecified atom stereocenters. The number of carbonyl (C=O) groups excluding carboxylic acids is 3. The molecule has 11 heteroatoms. The summed E-state index contributed by atoms with van der Waals surface area (Å²) in [6.07, 6.45) is -0.244. The molecule has 2 saturated heterocycles. The van der Waals surface area contributed by atoms with Crippen molar-refractivity contribution < 1.29 is 14.4 Å². The van der Waals surface area contributed by atoms with Gasteiger partial charge in [0.05, 0.1) is 17.4 Å². The second kappa shape index (κ2) is 9.78. The molecule has 9 nitrogen and oxygen atoms in total. The van der Waals surface area contributed by atoms with Crippen LogP contribution in [0.5, 0.6) is 0 Å². The first-order valence-corrected chi connectivity index (χ1v) is 11.5. The quantitative estimate of drug-likeness (QED) is 0.434. The van der Waals surface area contributed by atoms with E-state index in [1.165, 1.54) is 18.7 Å². The molecule has 0 saturated carbocycles. The Morgan fingerprint density at radius 2 is 1.75 bits per heavy atom. The van der Waals surface area contributed by atoms with Crippen LogP contribution in [0.25, 0.3) is 0 Å². The predicted molar refractivity (Wildman–Crippen MR) is 126 cm³/mol. The van der Waals surface area contributed by atoms with Gasteiger partial charge in [0.15, 0.2) is 0 Å². The number of amides is 3. The molecule has 168 valence electrons. The van der Waals surface area contributed by atoms with Crippen LogP contribution in [0.1, 0.15) is 6.92 Å². The van der Waals surface area contributed by atoms with Gasteiger partial charge >= 0.3 is 0 Å². The number of anilines is 3. The minimum Gasteiger partial charge on any atom is -0.331 e. The molecule has 0 bridgehead atoms.